The van der Waals surface area contributed by atoms with Crippen LogP contribution >= 0.6 is 0 Å². The van der Waals surface area contributed by atoms with Gasteiger partial charge in [0.05, 0.1) is 12.3 Å². The summed E-state index contributed by atoms with van der Waals surface area (Å²) >= 11 is 0. The van der Waals surface area contributed by atoms with Crippen LogP contribution in [0.3, 0.4) is 0 Å². The highest BCUT2D eigenvalue weighted by molar-refractivity contribution is 5.91. The minimum atomic E-state index is -0.500. The highest BCUT2D eigenvalue weighted by atomic mass is 16.6. The zero-order chi connectivity index (χ0) is 19.2. The molecule has 0 aliphatic carbocycles. The number of rotatable bonds is 4. The van der Waals surface area contributed by atoms with Crippen molar-refractivity contribution in [3.05, 3.63) is 24.3 Å². The Kier molecular flexibility index (Phi) is 6.71. The first-order valence-corrected chi connectivity index (χ1v) is 9.05. The molecule has 1 heterocycles. The quantitative estimate of drug-likeness (QED) is 0.856. The molecule has 7 nitrogen and oxygen atoms in total. The fourth-order valence-corrected chi connectivity index (χ4v) is 2.73. The van der Waals surface area contributed by atoms with Gasteiger partial charge in [-0.25, -0.2) is 9.59 Å². The number of urea groups is 1. The van der Waals surface area contributed by atoms with Crippen molar-refractivity contribution in [1.82, 2.24) is 10.2 Å². The molecule has 26 heavy (non-hydrogen) atoms. The summed E-state index contributed by atoms with van der Waals surface area (Å²) < 4.78 is 10.9. The number of para-hydroxylation sites is 2. The van der Waals surface area contributed by atoms with Crippen molar-refractivity contribution in [3.63, 3.8) is 0 Å². The average Bonchev–Trinajstić information content (AvgIpc) is 2.56. The maximum atomic E-state index is 12.3. The molecule has 0 bridgehead atoms. The van der Waals surface area contributed by atoms with Crippen LogP contribution in [-0.4, -0.2) is 48.4 Å². The van der Waals surface area contributed by atoms with Crippen molar-refractivity contribution in [1.29, 1.82) is 0 Å². The second-order valence-corrected chi connectivity index (χ2v) is 7.27. The highest BCUT2D eigenvalue weighted by Crippen LogP contribution is 2.23. The van der Waals surface area contributed by atoms with Gasteiger partial charge in [0.25, 0.3) is 0 Å². The number of anilines is 1. The second kappa shape index (κ2) is 8.78. The van der Waals surface area contributed by atoms with E-state index in [2.05, 4.69) is 10.6 Å². The number of benzene rings is 1. The number of likely N-dealkylation sites (tertiary alicyclic amines) is 1. The number of carbonyl (C=O) groups excluding carboxylic acids is 2. The Morgan fingerprint density at radius 2 is 1.85 bits per heavy atom. The number of hydrogen-bond donors (Lipinski definition) is 2. The van der Waals surface area contributed by atoms with Crippen LogP contribution in [0.2, 0.25) is 0 Å². The maximum absolute atomic E-state index is 12.3. The molecule has 0 atom stereocenters. The van der Waals surface area contributed by atoms with Gasteiger partial charge in [-0.1, -0.05) is 12.1 Å². The lowest BCUT2D eigenvalue weighted by Crippen LogP contribution is -2.48. The fraction of sp³-hybridized carbons (Fsp3) is 0.579. The van der Waals surface area contributed by atoms with Crippen LogP contribution in [0.4, 0.5) is 15.3 Å². The summed E-state index contributed by atoms with van der Waals surface area (Å²) in [6.45, 7) is 9.11. The highest BCUT2D eigenvalue weighted by Gasteiger charge is 2.27. The predicted molar refractivity (Wildman–Crippen MR) is 101 cm³/mol. The molecule has 0 radical (unpaired) electrons. The van der Waals surface area contributed by atoms with Crippen LogP contribution < -0.4 is 15.4 Å². The lowest BCUT2D eigenvalue weighted by Gasteiger charge is -2.33. The van der Waals surface area contributed by atoms with Crippen molar-refractivity contribution in [2.24, 2.45) is 0 Å². The zero-order valence-corrected chi connectivity index (χ0v) is 16.0. The summed E-state index contributed by atoms with van der Waals surface area (Å²) in [5.74, 6) is 0.643. The molecule has 0 unspecified atom stereocenters. The number of nitrogens with one attached hydrogen (secondary N) is 2. The number of piperidine rings is 1. The van der Waals surface area contributed by atoms with Gasteiger partial charge in [-0.05, 0) is 52.7 Å². The Hall–Kier alpha value is -2.44. The first-order chi connectivity index (χ1) is 12.3. The van der Waals surface area contributed by atoms with E-state index in [-0.39, 0.29) is 18.2 Å². The molecule has 1 saturated heterocycles. The number of ether oxygens (including phenoxy) is 2. The third kappa shape index (κ3) is 6.13. The first-order valence-electron chi connectivity index (χ1n) is 9.05. The third-order valence-electron chi connectivity index (χ3n) is 3.92. The van der Waals surface area contributed by atoms with E-state index in [1.165, 1.54) is 0 Å². The molecule has 1 aliphatic heterocycles. The Balaban J connectivity index is 1.80. The first kappa shape index (κ1) is 19.9. The molecule has 0 spiro atoms. The van der Waals surface area contributed by atoms with Gasteiger partial charge in [0.2, 0.25) is 0 Å². The van der Waals surface area contributed by atoms with Crippen molar-refractivity contribution in [3.8, 4) is 5.75 Å². The Morgan fingerprint density at radius 1 is 1.19 bits per heavy atom. The molecule has 3 amide bonds. The zero-order valence-electron chi connectivity index (χ0n) is 16.0. The predicted octanol–water partition coefficient (Wildman–Crippen LogP) is 3.61. The van der Waals surface area contributed by atoms with Crippen molar-refractivity contribution >= 4 is 17.8 Å². The van der Waals surface area contributed by atoms with Crippen molar-refractivity contribution in [2.75, 3.05) is 25.0 Å². The van der Waals surface area contributed by atoms with Gasteiger partial charge >= 0.3 is 12.1 Å². The fourth-order valence-electron chi connectivity index (χ4n) is 2.73. The summed E-state index contributed by atoms with van der Waals surface area (Å²) in [6.07, 6.45) is 1.09. The Labute approximate surface area is 155 Å². The molecule has 2 rings (SSSR count). The average molecular weight is 363 g/mol. The summed E-state index contributed by atoms with van der Waals surface area (Å²) in [7, 11) is 0. The summed E-state index contributed by atoms with van der Waals surface area (Å²) in [4.78, 5) is 26.0. The minimum absolute atomic E-state index is 0.0212. The minimum Gasteiger partial charge on any atom is -0.492 e. The van der Waals surface area contributed by atoms with E-state index in [1.807, 2.05) is 45.9 Å². The van der Waals surface area contributed by atoms with Gasteiger partial charge in [-0.15, -0.1) is 0 Å². The van der Waals surface area contributed by atoms with E-state index in [1.54, 1.807) is 11.0 Å². The van der Waals surface area contributed by atoms with Gasteiger partial charge < -0.3 is 25.0 Å². The number of nitrogens with zero attached hydrogens (tertiary/aromatic N) is 1. The van der Waals surface area contributed by atoms with Crippen LogP contribution in [0.5, 0.6) is 5.75 Å². The molecule has 1 aromatic rings. The normalized spacial score (nSPS) is 15.3. The van der Waals surface area contributed by atoms with Gasteiger partial charge in [0.15, 0.2) is 0 Å². The SMILES string of the molecule is CCOc1ccccc1NC(=O)NC1CCN(C(=O)OC(C)(C)C)CC1. The standard InChI is InChI=1S/C19H29N3O4/c1-5-25-16-9-7-6-8-15(16)21-17(23)20-14-10-12-22(13-11-14)18(24)26-19(2,3)4/h6-9,14H,5,10-13H2,1-4H3,(H2,20,21,23). The smallest absolute Gasteiger partial charge is 0.410 e. The van der Waals surface area contributed by atoms with Crippen LogP contribution in [-0.2, 0) is 4.74 Å². The summed E-state index contributed by atoms with van der Waals surface area (Å²) in [5.41, 5.74) is 0.137. The van der Waals surface area contributed by atoms with E-state index in [0.29, 0.717) is 44.0 Å². The van der Waals surface area contributed by atoms with Gasteiger partial charge in [-0.3, -0.25) is 0 Å². The molecule has 2 N–H and O–H groups in total. The van der Waals surface area contributed by atoms with Crippen LogP contribution in [0.1, 0.15) is 40.5 Å². The van der Waals surface area contributed by atoms with Gasteiger partial charge in [0, 0.05) is 19.1 Å². The van der Waals surface area contributed by atoms with Crippen molar-refractivity contribution in [2.45, 2.75) is 52.2 Å². The molecule has 0 aromatic heterocycles. The molecule has 1 aliphatic rings. The van der Waals surface area contributed by atoms with Crippen LogP contribution in [0.15, 0.2) is 24.3 Å². The molecule has 1 fully saturated rings. The lowest BCUT2D eigenvalue weighted by molar-refractivity contribution is 0.0202. The molecular weight excluding hydrogens is 334 g/mol. The molecule has 144 valence electrons. The topological polar surface area (TPSA) is 79.9 Å². The van der Waals surface area contributed by atoms with Crippen LogP contribution in [0.25, 0.3) is 0 Å². The van der Waals surface area contributed by atoms with E-state index in [9.17, 15) is 9.59 Å². The Bertz CT molecular complexity index is 619. The van der Waals surface area contributed by atoms with Crippen LogP contribution in [0, 0.1) is 0 Å². The van der Waals surface area contributed by atoms with Gasteiger partial charge in [-0.2, -0.15) is 0 Å². The maximum Gasteiger partial charge on any atom is 0.410 e. The number of amides is 3. The van der Waals surface area contributed by atoms with E-state index < -0.39 is 5.60 Å². The van der Waals surface area contributed by atoms with Gasteiger partial charge in [0.1, 0.15) is 11.4 Å². The number of hydrogen-bond acceptors (Lipinski definition) is 4. The van der Waals surface area contributed by atoms with E-state index in [0.717, 1.165) is 0 Å². The monoisotopic (exact) mass is 363 g/mol. The van der Waals surface area contributed by atoms with E-state index in [4.69, 9.17) is 9.47 Å². The number of carbonyl (C=O) groups is 2. The lowest BCUT2D eigenvalue weighted by atomic mass is 10.1. The van der Waals surface area contributed by atoms with E-state index >= 15 is 0 Å². The molecule has 0 saturated carbocycles. The summed E-state index contributed by atoms with van der Waals surface area (Å²) in [5, 5.41) is 5.79. The Morgan fingerprint density at radius 3 is 2.46 bits per heavy atom. The third-order valence-corrected chi connectivity index (χ3v) is 3.92. The molecule has 1 aromatic carbocycles. The summed E-state index contributed by atoms with van der Waals surface area (Å²) in [6, 6.07) is 7.08. The molecular formula is C19H29N3O4. The second-order valence-electron chi connectivity index (χ2n) is 7.27. The largest absolute Gasteiger partial charge is 0.492 e. The molecule has 7 heteroatoms. The van der Waals surface area contributed by atoms with Crippen molar-refractivity contribution < 1.29 is 19.1 Å².